The average molecular weight is 363 g/mol. The molecule has 122 valence electrons. The molecule has 0 spiro atoms. The van der Waals surface area contributed by atoms with Crippen molar-refractivity contribution in [3.05, 3.63) is 65.5 Å². The standard InChI is InChI=1S/C18H15ClN2O2S/c1-12-3-4-14(10-20-12)18-17(9-15(19)11-21-18)13-5-7-16(8-6-13)24(2,22)23/h3-11H,1-2H3/i5D,6D,7D,8D. The minimum Gasteiger partial charge on any atom is -0.261 e. The second kappa shape index (κ2) is 6.34. The van der Waals surface area contributed by atoms with Gasteiger partial charge in [0.1, 0.15) is 0 Å². The van der Waals surface area contributed by atoms with E-state index in [-0.39, 0.29) is 16.1 Å². The van der Waals surface area contributed by atoms with Crippen LogP contribution >= 0.6 is 11.6 Å². The number of sulfone groups is 1. The molecule has 0 radical (unpaired) electrons. The maximum atomic E-state index is 12.0. The summed E-state index contributed by atoms with van der Waals surface area (Å²) in [6.45, 7) is 1.83. The van der Waals surface area contributed by atoms with Crippen molar-refractivity contribution in [2.75, 3.05) is 6.26 Å². The normalized spacial score (nSPS) is 13.8. The monoisotopic (exact) mass is 362 g/mol. The number of halogens is 1. The summed E-state index contributed by atoms with van der Waals surface area (Å²) in [7, 11) is -3.95. The molecule has 4 nitrogen and oxygen atoms in total. The average Bonchev–Trinajstić information content (AvgIpc) is 2.60. The molecule has 2 heterocycles. The summed E-state index contributed by atoms with van der Waals surface area (Å²) in [5.74, 6) is 0. The first-order chi connectivity index (χ1) is 13.0. The number of aryl methyl sites for hydroxylation is 1. The van der Waals surface area contributed by atoms with Gasteiger partial charge in [0.15, 0.2) is 9.84 Å². The number of nitrogens with zero attached hydrogens (tertiary/aromatic N) is 2. The first-order valence-corrected chi connectivity index (χ1v) is 9.18. The highest BCUT2D eigenvalue weighted by Gasteiger charge is 2.12. The fourth-order valence-electron chi connectivity index (χ4n) is 2.09. The molecule has 0 aliphatic heterocycles. The van der Waals surface area contributed by atoms with Gasteiger partial charge in [-0.3, -0.25) is 9.97 Å². The van der Waals surface area contributed by atoms with Crippen LogP contribution in [0.4, 0.5) is 0 Å². The molecule has 0 fully saturated rings. The van der Waals surface area contributed by atoms with Gasteiger partial charge in [0.2, 0.25) is 0 Å². The van der Waals surface area contributed by atoms with E-state index in [1.807, 2.05) is 6.92 Å². The van der Waals surface area contributed by atoms with E-state index in [1.165, 1.54) is 12.3 Å². The Morgan fingerprint density at radius 2 is 1.75 bits per heavy atom. The third-order valence-electron chi connectivity index (χ3n) is 3.28. The highest BCUT2D eigenvalue weighted by atomic mass is 35.5. The number of rotatable bonds is 3. The van der Waals surface area contributed by atoms with E-state index in [1.54, 1.807) is 18.3 Å². The van der Waals surface area contributed by atoms with E-state index in [4.69, 9.17) is 17.1 Å². The zero-order valence-corrected chi connectivity index (χ0v) is 14.5. The molecule has 0 saturated heterocycles. The van der Waals surface area contributed by atoms with Crippen LogP contribution in [0.15, 0.2) is 59.7 Å². The lowest BCUT2D eigenvalue weighted by molar-refractivity contribution is 0.602. The van der Waals surface area contributed by atoms with Crippen LogP contribution in [0, 0.1) is 6.92 Å². The predicted molar refractivity (Wildman–Crippen MR) is 95.8 cm³/mol. The molecule has 0 aliphatic carbocycles. The summed E-state index contributed by atoms with van der Waals surface area (Å²) >= 11 is 6.08. The van der Waals surface area contributed by atoms with E-state index in [0.29, 0.717) is 11.3 Å². The minimum absolute atomic E-state index is 0.0759. The molecule has 3 rings (SSSR count). The van der Waals surface area contributed by atoms with Crippen LogP contribution in [0.2, 0.25) is 5.02 Å². The molecule has 1 aromatic carbocycles. The second-order valence-electron chi connectivity index (χ2n) is 5.21. The van der Waals surface area contributed by atoms with Crippen LogP contribution < -0.4 is 0 Å². The van der Waals surface area contributed by atoms with E-state index in [9.17, 15) is 8.42 Å². The zero-order valence-electron chi connectivity index (χ0n) is 16.9. The Bertz CT molecular complexity index is 1170. The van der Waals surface area contributed by atoms with Gasteiger partial charge in [-0.1, -0.05) is 23.7 Å². The van der Waals surface area contributed by atoms with Gasteiger partial charge in [0.25, 0.3) is 0 Å². The summed E-state index contributed by atoms with van der Waals surface area (Å²) in [5.41, 5.74) is 1.94. The van der Waals surface area contributed by atoms with Gasteiger partial charge in [0.05, 0.1) is 21.1 Å². The lowest BCUT2D eigenvalue weighted by Gasteiger charge is -2.10. The number of hydrogen-bond acceptors (Lipinski definition) is 4. The van der Waals surface area contributed by atoms with E-state index in [0.717, 1.165) is 11.9 Å². The molecule has 0 aliphatic rings. The van der Waals surface area contributed by atoms with Crippen LogP contribution in [-0.4, -0.2) is 24.6 Å². The van der Waals surface area contributed by atoms with Gasteiger partial charge in [-0.15, -0.1) is 0 Å². The van der Waals surface area contributed by atoms with Crippen LogP contribution in [0.1, 0.15) is 11.2 Å². The molecule has 0 amide bonds. The Kier molecular flexibility index (Phi) is 3.21. The van der Waals surface area contributed by atoms with Crippen molar-refractivity contribution in [3.63, 3.8) is 0 Å². The number of pyridine rings is 2. The van der Waals surface area contributed by atoms with Crippen molar-refractivity contribution in [2.24, 2.45) is 0 Å². The van der Waals surface area contributed by atoms with Gasteiger partial charge >= 0.3 is 0 Å². The third-order valence-corrected chi connectivity index (χ3v) is 4.43. The predicted octanol–water partition coefficient (Wildman–Crippen LogP) is 4.18. The van der Waals surface area contributed by atoms with Gasteiger partial charge < -0.3 is 0 Å². The quantitative estimate of drug-likeness (QED) is 0.701. The fraction of sp³-hybridized carbons (Fsp3) is 0.111. The number of aromatic nitrogens is 2. The topological polar surface area (TPSA) is 59.9 Å². The molecular formula is C18H15ClN2O2S. The molecule has 2 aromatic heterocycles. The van der Waals surface area contributed by atoms with Crippen molar-refractivity contribution >= 4 is 21.4 Å². The van der Waals surface area contributed by atoms with Crippen molar-refractivity contribution in [2.45, 2.75) is 11.8 Å². The van der Waals surface area contributed by atoms with Gasteiger partial charge in [0, 0.05) is 35.5 Å². The Balaban J connectivity index is 2.40. The Morgan fingerprint density at radius 3 is 2.33 bits per heavy atom. The largest absolute Gasteiger partial charge is 0.261 e. The Labute approximate surface area is 151 Å². The summed E-state index contributed by atoms with van der Waals surface area (Å²) in [4.78, 5) is 7.87. The second-order valence-corrected chi connectivity index (χ2v) is 7.60. The highest BCUT2D eigenvalue weighted by molar-refractivity contribution is 7.90. The van der Waals surface area contributed by atoms with E-state index < -0.39 is 38.9 Å². The van der Waals surface area contributed by atoms with Crippen molar-refractivity contribution in [1.29, 1.82) is 0 Å². The van der Waals surface area contributed by atoms with E-state index in [2.05, 4.69) is 9.97 Å². The summed E-state index contributed by atoms with van der Waals surface area (Å²) in [6, 6.07) is 2.80. The SMILES string of the molecule is [2H]c1c([2H])c(S(C)(=O)=O)c([2H])c([2H])c1-c1cc(Cl)cnc1-c1ccc(C)nc1. The van der Waals surface area contributed by atoms with Crippen molar-refractivity contribution < 1.29 is 13.9 Å². The first kappa shape index (κ1) is 12.2. The molecule has 0 N–H and O–H groups in total. The number of hydrogen-bond donors (Lipinski definition) is 0. The molecule has 0 saturated carbocycles. The van der Waals surface area contributed by atoms with Crippen LogP contribution in [-0.2, 0) is 9.84 Å². The highest BCUT2D eigenvalue weighted by Crippen LogP contribution is 2.32. The van der Waals surface area contributed by atoms with Crippen LogP contribution in [0.5, 0.6) is 0 Å². The van der Waals surface area contributed by atoms with Crippen LogP contribution in [0.3, 0.4) is 0 Å². The molecule has 0 atom stereocenters. The fourth-order valence-corrected chi connectivity index (χ4v) is 2.72. The maximum absolute atomic E-state index is 12.0. The maximum Gasteiger partial charge on any atom is 0.175 e. The van der Waals surface area contributed by atoms with Gasteiger partial charge in [-0.2, -0.15) is 0 Å². The lowest BCUT2D eigenvalue weighted by Crippen LogP contribution is -1.97. The molecule has 3 aromatic rings. The number of benzene rings is 1. The van der Waals surface area contributed by atoms with Gasteiger partial charge in [-0.25, -0.2) is 8.42 Å². The summed E-state index contributed by atoms with van der Waals surface area (Å²) in [6.07, 6.45) is 3.83. The Hall–Kier alpha value is -2.24. The summed E-state index contributed by atoms with van der Waals surface area (Å²) < 4.78 is 56.7. The van der Waals surface area contributed by atoms with Gasteiger partial charge in [-0.05, 0) is 42.8 Å². The van der Waals surface area contributed by atoms with E-state index >= 15 is 0 Å². The first-order valence-electron chi connectivity index (χ1n) is 8.91. The Morgan fingerprint density at radius 1 is 1.04 bits per heavy atom. The molecule has 6 heteroatoms. The molecular weight excluding hydrogens is 344 g/mol. The van der Waals surface area contributed by atoms with Crippen molar-refractivity contribution in [1.82, 2.24) is 9.97 Å². The smallest absolute Gasteiger partial charge is 0.175 e. The van der Waals surface area contributed by atoms with Crippen molar-refractivity contribution in [3.8, 4) is 22.4 Å². The summed E-state index contributed by atoms with van der Waals surface area (Å²) in [5, 5.41) is 0.239. The third kappa shape index (κ3) is 3.47. The minimum atomic E-state index is -3.95. The van der Waals surface area contributed by atoms with Crippen LogP contribution in [0.25, 0.3) is 22.4 Å². The molecule has 0 unspecified atom stereocenters. The zero-order chi connectivity index (χ0) is 20.8. The molecule has 24 heavy (non-hydrogen) atoms. The molecule has 0 bridgehead atoms. The lowest BCUT2D eigenvalue weighted by atomic mass is 10.0.